The number of benzene rings is 1. The summed E-state index contributed by atoms with van der Waals surface area (Å²) in [6.07, 6.45) is 0.991. The van der Waals surface area contributed by atoms with E-state index in [2.05, 4.69) is 64.3 Å². The number of hydrogen-bond donors (Lipinski definition) is 2. The fourth-order valence-corrected chi connectivity index (χ4v) is 3.78. The first-order chi connectivity index (χ1) is 14.0. The van der Waals surface area contributed by atoms with E-state index in [0.29, 0.717) is 6.54 Å². The van der Waals surface area contributed by atoms with Crippen LogP contribution in [-0.4, -0.2) is 40.3 Å². The first kappa shape index (κ1) is 24.2. The minimum absolute atomic E-state index is 0. The van der Waals surface area contributed by atoms with Crippen molar-refractivity contribution in [3.8, 4) is 0 Å². The van der Waals surface area contributed by atoms with Crippen LogP contribution in [0.15, 0.2) is 33.8 Å². The molecule has 2 aromatic heterocycles. The van der Waals surface area contributed by atoms with Crippen molar-refractivity contribution in [2.75, 3.05) is 19.6 Å². The van der Waals surface area contributed by atoms with Crippen LogP contribution < -0.4 is 10.6 Å². The molecule has 0 radical (unpaired) electrons. The maximum atomic E-state index is 5.29. The van der Waals surface area contributed by atoms with Crippen molar-refractivity contribution in [2.45, 2.75) is 53.5 Å². The zero-order valence-corrected chi connectivity index (χ0v) is 20.9. The smallest absolute Gasteiger partial charge is 0.191 e. The Balaban J connectivity index is 0.00000320. The summed E-state index contributed by atoms with van der Waals surface area (Å²) in [7, 11) is 0. The number of halogens is 1. The molecule has 2 N–H and O–H groups in total. The lowest BCUT2D eigenvalue weighted by molar-refractivity contribution is 0.391. The Hall–Kier alpha value is -2.10. The van der Waals surface area contributed by atoms with Gasteiger partial charge in [0.25, 0.3) is 0 Å². The van der Waals surface area contributed by atoms with Crippen molar-refractivity contribution in [1.82, 2.24) is 25.3 Å². The largest absolute Gasteiger partial charge is 0.361 e. The molecule has 2 heterocycles. The van der Waals surface area contributed by atoms with Crippen molar-refractivity contribution in [3.05, 3.63) is 47.1 Å². The standard InChI is InChI=1S/C22H32N6O.HI/c1-6-23-22(25-14-15(2)21-16(3)27-29-17(21)4)24-12-9-13-28-18(5)26-19-10-7-8-11-20(19)28;/h7-8,10-11,15H,6,9,12-14H2,1-5H3,(H2,23,24,25);1H. The average molecular weight is 524 g/mol. The van der Waals surface area contributed by atoms with E-state index >= 15 is 0 Å². The van der Waals surface area contributed by atoms with Gasteiger partial charge in [0.2, 0.25) is 0 Å². The highest BCUT2D eigenvalue weighted by Crippen LogP contribution is 2.23. The van der Waals surface area contributed by atoms with E-state index < -0.39 is 0 Å². The Kier molecular flexibility index (Phi) is 9.13. The van der Waals surface area contributed by atoms with Gasteiger partial charge in [-0.15, -0.1) is 24.0 Å². The number of aryl methyl sites for hydroxylation is 4. The van der Waals surface area contributed by atoms with Gasteiger partial charge in [0, 0.05) is 37.7 Å². The van der Waals surface area contributed by atoms with E-state index in [1.807, 2.05) is 19.9 Å². The topological polar surface area (TPSA) is 80.3 Å². The monoisotopic (exact) mass is 524 g/mol. The minimum atomic E-state index is 0. The average Bonchev–Trinajstić information content (AvgIpc) is 3.21. The highest BCUT2D eigenvalue weighted by molar-refractivity contribution is 14.0. The molecule has 7 nitrogen and oxygen atoms in total. The molecule has 3 aromatic rings. The lowest BCUT2D eigenvalue weighted by Crippen LogP contribution is -2.38. The van der Waals surface area contributed by atoms with Crippen molar-refractivity contribution < 1.29 is 4.52 Å². The zero-order chi connectivity index (χ0) is 20.8. The predicted octanol–water partition coefficient (Wildman–Crippen LogP) is 4.32. The van der Waals surface area contributed by atoms with E-state index in [4.69, 9.17) is 9.52 Å². The second-order valence-corrected chi connectivity index (χ2v) is 7.44. The molecule has 0 aliphatic carbocycles. The molecule has 0 aliphatic heterocycles. The molecule has 30 heavy (non-hydrogen) atoms. The maximum absolute atomic E-state index is 5.29. The van der Waals surface area contributed by atoms with Crippen molar-refractivity contribution >= 4 is 41.0 Å². The van der Waals surface area contributed by atoms with Gasteiger partial charge in [-0.3, -0.25) is 4.99 Å². The van der Waals surface area contributed by atoms with Gasteiger partial charge in [0.05, 0.1) is 16.7 Å². The van der Waals surface area contributed by atoms with Crippen LogP contribution in [0.25, 0.3) is 11.0 Å². The van der Waals surface area contributed by atoms with Crippen LogP contribution in [-0.2, 0) is 6.54 Å². The van der Waals surface area contributed by atoms with Crippen LogP contribution in [0.4, 0.5) is 0 Å². The molecule has 1 aromatic carbocycles. The summed E-state index contributed by atoms with van der Waals surface area (Å²) in [6, 6.07) is 8.29. The molecule has 164 valence electrons. The lowest BCUT2D eigenvalue weighted by Gasteiger charge is -2.14. The summed E-state index contributed by atoms with van der Waals surface area (Å²) in [4.78, 5) is 9.40. The highest BCUT2D eigenvalue weighted by atomic mass is 127. The third-order valence-corrected chi connectivity index (χ3v) is 5.15. The summed E-state index contributed by atoms with van der Waals surface area (Å²) in [5.74, 6) is 3.04. The molecule has 1 atom stereocenters. The quantitative estimate of drug-likeness (QED) is 0.199. The highest BCUT2D eigenvalue weighted by Gasteiger charge is 2.16. The van der Waals surface area contributed by atoms with Gasteiger partial charge in [0.15, 0.2) is 5.96 Å². The van der Waals surface area contributed by atoms with E-state index in [0.717, 1.165) is 60.4 Å². The molecular formula is C22H33IN6O. The number of aromatic nitrogens is 3. The van der Waals surface area contributed by atoms with E-state index in [1.54, 1.807) is 0 Å². The Morgan fingerprint density at radius 1 is 1.20 bits per heavy atom. The number of hydrogen-bond acceptors (Lipinski definition) is 4. The first-order valence-corrected chi connectivity index (χ1v) is 10.4. The Bertz CT molecular complexity index is 958. The molecule has 0 saturated heterocycles. The van der Waals surface area contributed by atoms with E-state index in [1.165, 1.54) is 5.52 Å². The number of imidazole rings is 1. The number of nitrogens with zero attached hydrogens (tertiary/aromatic N) is 4. The van der Waals surface area contributed by atoms with Crippen LogP contribution in [0, 0.1) is 20.8 Å². The van der Waals surface area contributed by atoms with Gasteiger partial charge in [-0.25, -0.2) is 4.98 Å². The number of para-hydroxylation sites is 2. The van der Waals surface area contributed by atoms with Crippen molar-refractivity contribution in [1.29, 1.82) is 0 Å². The van der Waals surface area contributed by atoms with Crippen LogP contribution >= 0.6 is 24.0 Å². The number of fused-ring (bicyclic) bond motifs is 1. The van der Waals surface area contributed by atoms with Gasteiger partial charge < -0.3 is 19.7 Å². The second kappa shape index (κ2) is 11.3. The number of guanidine groups is 1. The molecule has 0 aliphatic rings. The van der Waals surface area contributed by atoms with E-state index in [9.17, 15) is 0 Å². The van der Waals surface area contributed by atoms with Gasteiger partial charge in [-0.2, -0.15) is 0 Å². The number of aliphatic imine (C=N–C) groups is 1. The third-order valence-electron chi connectivity index (χ3n) is 5.15. The molecular weight excluding hydrogens is 491 g/mol. The molecule has 0 fully saturated rings. The van der Waals surface area contributed by atoms with Gasteiger partial charge in [-0.1, -0.05) is 24.2 Å². The summed E-state index contributed by atoms with van der Waals surface area (Å²) in [6.45, 7) is 13.5. The zero-order valence-electron chi connectivity index (χ0n) is 18.5. The molecule has 0 bridgehead atoms. The minimum Gasteiger partial charge on any atom is -0.361 e. The fourth-order valence-electron chi connectivity index (χ4n) is 3.78. The molecule has 0 saturated carbocycles. The Labute approximate surface area is 195 Å². The van der Waals surface area contributed by atoms with Crippen molar-refractivity contribution in [3.63, 3.8) is 0 Å². The summed E-state index contributed by atoms with van der Waals surface area (Å²) < 4.78 is 7.57. The van der Waals surface area contributed by atoms with Crippen molar-refractivity contribution in [2.24, 2.45) is 4.99 Å². The summed E-state index contributed by atoms with van der Waals surface area (Å²) in [5, 5.41) is 10.8. The van der Waals surface area contributed by atoms with E-state index in [-0.39, 0.29) is 29.9 Å². The van der Waals surface area contributed by atoms with Crippen LogP contribution in [0.3, 0.4) is 0 Å². The van der Waals surface area contributed by atoms with Crippen LogP contribution in [0.5, 0.6) is 0 Å². The lowest BCUT2D eigenvalue weighted by atomic mass is 10.00. The maximum Gasteiger partial charge on any atom is 0.191 e. The molecule has 1 unspecified atom stereocenters. The van der Waals surface area contributed by atoms with Gasteiger partial charge in [0.1, 0.15) is 11.6 Å². The third kappa shape index (κ3) is 5.74. The Morgan fingerprint density at radius 3 is 2.67 bits per heavy atom. The predicted molar refractivity (Wildman–Crippen MR) is 133 cm³/mol. The Morgan fingerprint density at radius 2 is 1.97 bits per heavy atom. The second-order valence-electron chi connectivity index (χ2n) is 7.44. The molecule has 0 amide bonds. The first-order valence-electron chi connectivity index (χ1n) is 10.4. The molecule has 3 rings (SSSR count). The summed E-state index contributed by atoms with van der Waals surface area (Å²) >= 11 is 0. The van der Waals surface area contributed by atoms with Crippen LogP contribution in [0.1, 0.15) is 49.0 Å². The number of rotatable bonds is 8. The normalized spacial score (nSPS) is 12.6. The SMILES string of the molecule is CCNC(=NCC(C)c1c(C)noc1C)NCCCn1c(C)nc2ccccc21.I. The number of nitrogens with one attached hydrogen (secondary N) is 2. The van der Waals surface area contributed by atoms with Crippen LogP contribution in [0.2, 0.25) is 0 Å². The molecule has 0 spiro atoms. The van der Waals surface area contributed by atoms with Gasteiger partial charge >= 0.3 is 0 Å². The fraction of sp³-hybridized carbons (Fsp3) is 0.500. The molecule has 8 heteroatoms. The van der Waals surface area contributed by atoms with Gasteiger partial charge in [-0.05, 0) is 46.2 Å². The summed E-state index contributed by atoms with van der Waals surface area (Å²) in [5.41, 5.74) is 4.36.